The summed E-state index contributed by atoms with van der Waals surface area (Å²) in [5.41, 5.74) is 2.15. The normalized spacial score (nSPS) is 11.7. The van der Waals surface area contributed by atoms with E-state index >= 15 is 0 Å². The zero-order valence-electron chi connectivity index (χ0n) is 11.4. The van der Waals surface area contributed by atoms with Gasteiger partial charge in [0.25, 0.3) is 0 Å². The van der Waals surface area contributed by atoms with Gasteiger partial charge in [-0.25, -0.2) is 0 Å². The number of rotatable bonds is 3. The topological polar surface area (TPSA) is 38.1 Å². The molecule has 0 unspecified atom stereocenters. The molecule has 0 spiro atoms. The quantitative estimate of drug-likeness (QED) is 0.916. The fourth-order valence-corrected chi connectivity index (χ4v) is 1.93. The van der Waals surface area contributed by atoms with Crippen LogP contribution in [0.25, 0.3) is 0 Å². The highest BCUT2D eigenvalue weighted by Gasteiger charge is 2.30. The second kappa shape index (κ2) is 5.19. The molecule has 0 aliphatic rings. The van der Waals surface area contributed by atoms with Gasteiger partial charge in [-0.15, -0.1) is 0 Å². The van der Waals surface area contributed by atoms with Crippen LogP contribution < -0.4 is 5.32 Å². The Hall–Kier alpha value is -1.98. The molecule has 2 rings (SSSR count). The lowest BCUT2D eigenvalue weighted by molar-refractivity contribution is -0.137. The minimum absolute atomic E-state index is 0.378. The van der Waals surface area contributed by atoms with Crippen LogP contribution in [-0.2, 0) is 12.7 Å². The van der Waals surface area contributed by atoms with E-state index in [1.165, 1.54) is 6.07 Å². The molecule has 0 saturated carbocycles. The fraction of sp³-hybridized carbons (Fsp3) is 0.357. The van der Waals surface area contributed by atoms with Gasteiger partial charge in [0.2, 0.25) is 0 Å². The lowest BCUT2D eigenvalue weighted by Gasteiger charge is -2.13. The van der Waals surface area contributed by atoms with Crippen LogP contribution in [0, 0.1) is 20.8 Å². The van der Waals surface area contributed by atoms with Gasteiger partial charge in [0.1, 0.15) is 5.76 Å². The lowest BCUT2D eigenvalue weighted by atomic mass is 10.1. The van der Waals surface area contributed by atoms with Crippen molar-refractivity contribution in [3.05, 3.63) is 46.3 Å². The predicted molar refractivity (Wildman–Crippen MR) is 69.5 cm³/mol. The highest BCUT2D eigenvalue weighted by atomic mass is 19.4. The smallest absolute Gasteiger partial charge is 0.381 e. The van der Waals surface area contributed by atoms with Crippen molar-refractivity contribution in [3.8, 4) is 0 Å². The SMILES string of the molecule is Cc1ccc(C(F)(F)F)cc1NCc1c(C)noc1C. The maximum atomic E-state index is 12.7. The van der Waals surface area contributed by atoms with Crippen LogP contribution in [-0.4, -0.2) is 5.16 Å². The number of hydrogen-bond acceptors (Lipinski definition) is 3. The summed E-state index contributed by atoms with van der Waals surface area (Å²) in [5, 5.41) is 6.82. The molecule has 1 heterocycles. The van der Waals surface area contributed by atoms with E-state index in [-0.39, 0.29) is 0 Å². The van der Waals surface area contributed by atoms with Gasteiger partial charge in [0, 0.05) is 17.8 Å². The Labute approximate surface area is 114 Å². The van der Waals surface area contributed by atoms with E-state index in [0.717, 1.165) is 29.0 Å². The monoisotopic (exact) mass is 284 g/mol. The fourth-order valence-electron chi connectivity index (χ4n) is 1.93. The molecule has 0 atom stereocenters. The van der Waals surface area contributed by atoms with Crippen LogP contribution in [0.5, 0.6) is 0 Å². The van der Waals surface area contributed by atoms with Gasteiger partial charge in [-0.3, -0.25) is 0 Å². The minimum Gasteiger partial charge on any atom is -0.381 e. The molecule has 0 radical (unpaired) electrons. The molecule has 1 aromatic carbocycles. The summed E-state index contributed by atoms with van der Waals surface area (Å²) in [6.45, 7) is 5.71. The lowest BCUT2D eigenvalue weighted by Crippen LogP contribution is -2.08. The molecule has 1 aromatic heterocycles. The van der Waals surface area contributed by atoms with Crippen LogP contribution in [0.4, 0.5) is 18.9 Å². The molecule has 6 heteroatoms. The Morgan fingerprint density at radius 3 is 2.45 bits per heavy atom. The number of anilines is 1. The van der Waals surface area contributed by atoms with E-state index in [4.69, 9.17) is 4.52 Å². The molecule has 108 valence electrons. The first-order valence-corrected chi connectivity index (χ1v) is 6.12. The number of aromatic nitrogens is 1. The van der Waals surface area contributed by atoms with Gasteiger partial charge in [-0.05, 0) is 38.5 Å². The van der Waals surface area contributed by atoms with Crippen molar-refractivity contribution >= 4 is 5.69 Å². The van der Waals surface area contributed by atoms with Gasteiger partial charge >= 0.3 is 6.18 Å². The van der Waals surface area contributed by atoms with Crippen molar-refractivity contribution in [2.45, 2.75) is 33.5 Å². The molecule has 0 aliphatic carbocycles. The molecule has 0 saturated heterocycles. The zero-order valence-corrected chi connectivity index (χ0v) is 11.4. The van der Waals surface area contributed by atoms with Crippen molar-refractivity contribution in [2.24, 2.45) is 0 Å². The number of hydrogen-bond donors (Lipinski definition) is 1. The summed E-state index contributed by atoms with van der Waals surface area (Å²) in [7, 11) is 0. The van der Waals surface area contributed by atoms with E-state index in [0.29, 0.717) is 18.0 Å². The van der Waals surface area contributed by atoms with Crippen molar-refractivity contribution < 1.29 is 17.7 Å². The molecule has 1 N–H and O–H groups in total. The Morgan fingerprint density at radius 2 is 1.90 bits per heavy atom. The largest absolute Gasteiger partial charge is 0.416 e. The molecule has 0 fully saturated rings. The third-order valence-electron chi connectivity index (χ3n) is 3.20. The molecule has 20 heavy (non-hydrogen) atoms. The number of nitrogens with one attached hydrogen (secondary N) is 1. The van der Waals surface area contributed by atoms with E-state index in [9.17, 15) is 13.2 Å². The summed E-state index contributed by atoms with van der Waals surface area (Å²) >= 11 is 0. The number of alkyl halides is 3. The minimum atomic E-state index is -4.34. The molecule has 3 nitrogen and oxygen atoms in total. The van der Waals surface area contributed by atoms with Gasteiger partial charge in [-0.1, -0.05) is 11.2 Å². The first-order chi connectivity index (χ1) is 9.29. The average Bonchev–Trinajstić information content (AvgIpc) is 2.67. The van der Waals surface area contributed by atoms with Gasteiger partial charge < -0.3 is 9.84 Å². The van der Waals surface area contributed by atoms with Crippen molar-refractivity contribution in [1.29, 1.82) is 0 Å². The number of nitrogens with zero attached hydrogens (tertiary/aromatic N) is 1. The number of halogens is 3. The Balaban J connectivity index is 2.21. The van der Waals surface area contributed by atoms with Crippen molar-refractivity contribution in [2.75, 3.05) is 5.32 Å². The van der Waals surface area contributed by atoms with E-state index < -0.39 is 11.7 Å². The van der Waals surface area contributed by atoms with Crippen LogP contribution >= 0.6 is 0 Å². The third-order valence-corrected chi connectivity index (χ3v) is 3.20. The first kappa shape index (κ1) is 14.4. The summed E-state index contributed by atoms with van der Waals surface area (Å²) in [6.07, 6.45) is -4.34. The number of aryl methyl sites for hydroxylation is 3. The first-order valence-electron chi connectivity index (χ1n) is 6.12. The van der Waals surface area contributed by atoms with Gasteiger partial charge in [0.15, 0.2) is 0 Å². The molecule has 2 aromatic rings. The van der Waals surface area contributed by atoms with Crippen molar-refractivity contribution in [1.82, 2.24) is 5.16 Å². The molecular weight excluding hydrogens is 269 g/mol. The van der Waals surface area contributed by atoms with Crippen LogP contribution in [0.1, 0.15) is 28.1 Å². The zero-order chi connectivity index (χ0) is 14.9. The summed E-state index contributed by atoms with van der Waals surface area (Å²) < 4.78 is 43.1. The predicted octanol–water partition coefficient (Wildman–Crippen LogP) is 4.23. The summed E-state index contributed by atoms with van der Waals surface area (Å²) in [4.78, 5) is 0. The Kier molecular flexibility index (Phi) is 3.74. The summed E-state index contributed by atoms with van der Waals surface area (Å²) in [6, 6.07) is 3.66. The second-order valence-electron chi connectivity index (χ2n) is 4.68. The molecule has 0 aliphatic heterocycles. The molecular formula is C14H15F3N2O. The number of benzene rings is 1. The third kappa shape index (κ3) is 2.95. The Morgan fingerprint density at radius 1 is 1.20 bits per heavy atom. The van der Waals surface area contributed by atoms with Crippen LogP contribution in [0.3, 0.4) is 0 Å². The highest BCUT2D eigenvalue weighted by molar-refractivity contribution is 5.53. The van der Waals surface area contributed by atoms with Gasteiger partial charge in [0.05, 0.1) is 11.3 Å². The maximum absolute atomic E-state index is 12.7. The highest BCUT2D eigenvalue weighted by Crippen LogP contribution is 2.32. The van der Waals surface area contributed by atoms with Crippen molar-refractivity contribution in [3.63, 3.8) is 0 Å². The van der Waals surface area contributed by atoms with E-state index in [2.05, 4.69) is 10.5 Å². The van der Waals surface area contributed by atoms with E-state index in [1.54, 1.807) is 20.8 Å². The van der Waals surface area contributed by atoms with Crippen LogP contribution in [0.15, 0.2) is 22.7 Å². The molecule has 0 amide bonds. The molecule has 0 bridgehead atoms. The standard InChI is InChI=1S/C14H15F3N2O/c1-8-4-5-11(14(15,16)17)6-13(8)18-7-12-9(2)19-20-10(12)3/h4-6,18H,7H2,1-3H3. The van der Waals surface area contributed by atoms with Crippen LogP contribution in [0.2, 0.25) is 0 Å². The van der Waals surface area contributed by atoms with E-state index in [1.807, 2.05) is 0 Å². The second-order valence-corrected chi connectivity index (χ2v) is 4.68. The Bertz CT molecular complexity index is 598. The summed E-state index contributed by atoms with van der Waals surface area (Å²) in [5.74, 6) is 0.666. The maximum Gasteiger partial charge on any atom is 0.416 e. The van der Waals surface area contributed by atoms with Gasteiger partial charge in [-0.2, -0.15) is 13.2 Å². The average molecular weight is 284 g/mol.